The molecule has 0 N–H and O–H groups in total. The summed E-state index contributed by atoms with van der Waals surface area (Å²) in [6.07, 6.45) is 5.37. The van der Waals surface area contributed by atoms with Crippen molar-refractivity contribution in [1.29, 1.82) is 5.26 Å². The minimum absolute atomic E-state index is 0.0546. The van der Waals surface area contributed by atoms with Crippen molar-refractivity contribution >= 4 is 27.1 Å². The van der Waals surface area contributed by atoms with Crippen LogP contribution in [0.3, 0.4) is 0 Å². The molecule has 0 bridgehead atoms. The number of nitrogens with zero attached hydrogens (tertiary/aromatic N) is 4. The monoisotopic (exact) mass is 334 g/mol. The van der Waals surface area contributed by atoms with Crippen molar-refractivity contribution in [2.75, 3.05) is 0 Å². The lowest BCUT2D eigenvalue weighted by atomic mass is 10.1. The third-order valence-corrected chi connectivity index (χ3v) is 5.49. The van der Waals surface area contributed by atoms with Crippen molar-refractivity contribution in [2.24, 2.45) is 0 Å². The molecular formula is C18H14N4OS. The minimum atomic E-state index is -0.0546. The number of fused-ring (bicyclic) bond motifs is 2. The van der Waals surface area contributed by atoms with Crippen molar-refractivity contribution in [3.63, 3.8) is 0 Å². The van der Waals surface area contributed by atoms with E-state index in [4.69, 9.17) is 0 Å². The number of hydrogen-bond acceptors (Lipinski definition) is 4. The zero-order valence-electron chi connectivity index (χ0n) is 13.3. The first-order valence-corrected chi connectivity index (χ1v) is 8.35. The summed E-state index contributed by atoms with van der Waals surface area (Å²) < 4.78 is 3.49. The predicted molar refractivity (Wildman–Crippen MR) is 94.6 cm³/mol. The number of nitriles is 1. The Morgan fingerprint density at radius 1 is 1.33 bits per heavy atom. The lowest BCUT2D eigenvalue weighted by Gasteiger charge is -2.04. The first kappa shape index (κ1) is 14.7. The van der Waals surface area contributed by atoms with E-state index in [-0.39, 0.29) is 5.56 Å². The molecule has 4 aromatic rings. The van der Waals surface area contributed by atoms with E-state index in [9.17, 15) is 10.1 Å². The molecule has 6 heteroatoms. The Morgan fingerprint density at radius 2 is 2.17 bits per heavy atom. The topological polar surface area (TPSA) is 63.1 Å². The standard InChI is InChI=1S/C18H14N4OS/c1-11-12(2)24-17-16(11)18(23)22(10-20-17)9-13-8-21-6-4-3-5-15(21)14(13)7-19/h3-6,8,10H,9H2,1-2H3. The van der Waals surface area contributed by atoms with Gasteiger partial charge >= 0.3 is 0 Å². The molecule has 4 heterocycles. The molecule has 0 spiro atoms. The molecular weight excluding hydrogens is 320 g/mol. The fourth-order valence-electron chi connectivity index (χ4n) is 2.99. The molecule has 118 valence electrons. The van der Waals surface area contributed by atoms with Gasteiger partial charge in [-0.25, -0.2) is 4.98 Å². The summed E-state index contributed by atoms with van der Waals surface area (Å²) in [5, 5.41) is 10.2. The molecule has 0 radical (unpaired) electrons. The third kappa shape index (κ3) is 2.06. The fraction of sp³-hybridized carbons (Fsp3) is 0.167. The highest BCUT2D eigenvalue weighted by molar-refractivity contribution is 7.18. The molecule has 0 atom stereocenters. The van der Waals surface area contributed by atoms with Crippen LogP contribution in [0.1, 0.15) is 21.6 Å². The Hall–Kier alpha value is -2.91. The van der Waals surface area contributed by atoms with Gasteiger partial charge in [-0.15, -0.1) is 11.3 Å². The van der Waals surface area contributed by atoms with Crippen LogP contribution >= 0.6 is 11.3 Å². The fourth-order valence-corrected chi connectivity index (χ4v) is 3.98. The lowest BCUT2D eigenvalue weighted by molar-refractivity contribution is 0.747. The van der Waals surface area contributed by atoms with Gasteiger partial charge in [-0.2, -0.15) is 5.26 Å². The van der Waals surface area contributed by atoms with Gasteiger partial charge in [0.25, 0.3) is 5.56 Å². The first-order chi connectivity index (χ1) is 11.6. The Bertz CT molecular complexity index is 1190. The van der Waals surface area contributed by atoms with Gasteiger partial charge in [0, 0.05) is 22.8 Å². The van der Waals surface area contributed by atoms with Gasteiger partial charge in [0.1, 0.15) is 10.9 Å². The normalized spacial score (nSPS) is 11.2. The van der Waals surface area contributed by atoms with Gasteiger partial charge in [0.15, 0.2) is 0 Å². The van der Waals surface area contributed by atoms with Crippen LogP contribution in [0, 0.1) is 25.2 Å². The van der Waals surface area contributed by atoms with Crippen LogP contribution in [-0.4, -0.2) is 14.0 Å². The van der Waals surface area contributed by atoms with Crippen LogP contribution in [0.25, 0.3) is 15.7 Å². The maximum atomic E-state index is 12.8. The number of aromatic nitrogens is 3. The molecule has 0 fully saturated rings. The second-order valence-electron chi connectivity index (χ2n) is 5.78. The van der Waals surface area contributed by atoms with Gasteiger partial charge < -0.3 is 4.40 Å². The molecule has 4 rings (SSSR count). The van der Waals surface area contributed by atoms with E-state index >= 15 is 0 Å². The molecule has 5 nitrogen and oxygen atoms in total. The molecule has 0 aromatic carbocycles. The van der Waals surface area contributed by atoms with Crippen LogP contribution in [0.5, 0.6) is 0 Å². The molecule has 0 aliphatic carbocycles. The molecule has 0 aliphatic rings. The summed E-state index contributed by atoms with van der Waals surface area (Å²) in [4.78, 5) is 19.1. The Labute approximate surface area is 142 Å². The number of pyridine rings is 1. The van der Waals surface area contributed by atoms with Crippen molar-refractivity contribution in [3.05, 3.63) is 68.8 Å². The van der Waals surface area contributed by atoms with Crippen molar-refractivity contribution in [2.45, 2.75) is 20.4 Å². The van der Waals surface area contributed by atoms with Crippen molar-refractivity contribution < 1.29 is 0 Å². The lowest BCUT2D eigenvalue weighted by Crippen LogP contribution is -2.21. The van der Waals surface area contributed by atoms with Gasteiger partial charge in [0.2, 0.25) is 0 Å². The zero-order chi connectivity index (χ0) is 16.8. The summed E-state index contributed by atoms with van der Waals surface area (Å²) in [6.45, 7) is 4.29. The predicted octanol–water partition coefficient (Wildman–Crippen LogP) is 3.25. The first-order valence-electron chi connectivity index (χ1n) is 7.54. The maximum Gasteiger partial charge on any atom is 0.262 e. The zero-order valence-corrected chi connectivity index (χ0v) is 14.1. The largest absolute Gasteiger partial charge is 0.322 e. The molecule has 0 unspecified atom stereocenters. The smallest absolute Gasteiger partial charge is 0.262 e. The van der Waals surface area contributed by atoms with E-state index in [1.165, 1.54) is 11.3 Å². The Kier molecular flexibility index (Phi) is 3.25. The van der Waals surface area contributed by atoms with E-state index in [2.05, 4.69) is 11.1 Å². The Balaban J connectivity index is 1.89. The second kappa shape index (κ2) is 5.32. The van der Waals surface area contributed by atoms with E-state index < -0.39 is 0 Å². The number of aryl methyl sites for hydroxylation is 2. The highest BCUT2D eigenvalue weighted by atomic mass is 32.1. The van der Waals surface area contributed by atoms with Crippen LogP contribution in [0.4, 0.5) is 0 Å². The Morgan fingerprint density at radius 3 is 2.96 bits per heavy atom. The second-order valence-corrected chi connectivity index (χ2v) is 6.98. The molecule has 0 aliphatic heterocycles. The number of rotatable bonds is 2. The van der Waals surface area contributed by atoms with Crippen molar-refractivity contribution in [1.82, 2.24) is 14.0 Å². The highest BCUT2D eigenvalue weighted by Gasteiger charge is 2.15. The maximum absolute atomic E-state index is 12.8. The minimum Gasteiger partial charge on any atom is -0.322 e. The van der Waals surface area contributed by atoms with Gasteiger partial charge in [-0.1, -0.05) is 6.07 Å². The molecule has 0 amide bonds. The average Bonchev–Trinajstić information content (AvgIpc) is 3.07. The van der Waals surface area contributed by atoms with Crippen LogP contribution in [0.15, 0.2) is 41.7 Å². The summed E-state index contributed by atoms with van der Waals surface area (Å²) >= 11 is 1.54. The number of thiophene rings is 1. The number of hydrogen-bond donors (Lipinski definition) is 0. The van der Waals surface area contributed by atoms with E-state index in [1.54, 1.807) is 10.9 Å². The average molecular weight is 334 g/mol. The molecule has 0 saturated carbocycles. The highest BCUT2D eigenvalue weighted by Crippen LogP contribution is 2.26. The summed E-state index contributed by atoms with van der Waals surface area (Å²) in [5.74, 6) is 0. The van der Waals surface area contributed by atoms with E-state index in [0.29, 0.717) is 17.5 Å². The SMILES string of the molecule is Cc1sc2ncn(Cc3cn4ccccc4c3C#N)c(=O)c2c1C. The van der Waals surface area contributed by atoms with E-state index in [1.807, 2.05) is 48.8 Å². The molecule has 4 aromatic heterocycles. The van der Waals surface area contributed by atoms with Crippen LogP contribution in [0.2, 0.25) is 0 Å². The molecule has 24 heavy (non-hydrogen) atoms. The van der Waals surface area contributed by atoms with Crippen LogP contribution < -0.4 is 5.56 Å². The summed E-state index contributed by atoms with van der Waals surface area (Å²) in [5.41, 5.74) is 3.20. The van der Waals surface area contributed by atoms with E-state index in [0.717, 1.165) is 26.4 Å². The molecule has 0 saturated heterocycles. The van der Waals surface area contributed by atoms with Crippen LogP contribution in [-0.2, 0) is 6.54 Å². The third-order valence-electron chi connectivity index (χ3n) is 4.37. The van der Waals surface area contributed by atoms with Crippen molar-refractivity contribution in [3.8, 4) is 6.07 Å². The summed E-state index contributed by atoms with van der Waals surface area (Å²) in [7, 11) is 0. The quantitative estimate of drug-likeness (QED) is 0.565. The van der Waals surface area contributed by atoms with Gasteiger partial charge in [0.05, 0.1) is 29.3 Å². The van der Waals surface area contributed by atoms with Gasteiger partial charge in [-0.05, 0) is 31.5 Å². The van der Waals surface area contributed by atoms with Gasteiger partial charge in [-0.3, -0.25) is 9.36 Å². The summed E-state index contributed by atoms with van der Waals surface area (Å²) in [6, 6.07) is 7.97.